The van der Waals surface area contributed by atoms with Crippen LogP contribution < -0.4 is 10.6 Å². The Morgan fingerprint density at radius 3 is 2.88 bits per heavy atom. The van der Waals surface area contributed by atoms with E-state index >= 15 is 0 Å². The van der Waals surface area contributed by atoms with Crippen molar-refractivity contribution in [1.82, 2.24) is 5.32 Å². The van der Waals surface area contributed by atoms with Crippen molar-refractivity contribution in [3.05, 3.63) is 27.7 Å². The normalized spacial score (nSPS) is 18.9. The van der Waals surface area contributed by atoms with E-state index in [1.54, 1.807) is 18.2 Å². The summed E-state index contributed by atoms with van der Waals surface area (Å²) in [6, 6.07) is 4.68. The number of halogens is 2. The summed E-state index contributed by atoms with van der Waals surface area (Å²) < 4.78 is 0.715. The molecule has 1 atom stereocenters. The van der Waals surface area contributed by atoms with Gasteiger partial charge >= 0.3 is 0 Å². The third-order valence-corrected chi connectivity index (χ3v) is 3.71. The van der Waals surface area contributed by atoms with Gasteiger partial charge in [0.05, 0.1) is 5.02 Å². The number of carbonyl (C=O) groups is 2. The van der Waals surface area contributed by atoms with Gasteiger partial charge in [0.25, 0.3) is 0 Å². The van der Waals surface area contributed by atoms with Gasteiger partial charge in [0.2, 0.25) is 11.8 Å². The van der Waals surface area contributed by atoms with Crippen LogP contribution in [-0.2, 0) is 9.59 Å². The maximum absolute atomic E-state index is 11.8. The van der Waals surface area contributed by atoms with Gasteiger partial charge in [0, 0.05) is 16.6 Å². The van der Waals surface area contributed by atoms with Crippen molar-refractivity contribution in [1.29, 1.82) is 0 Å². The molecular weight excluding hydrogens is 307 g/mol. The molecule has 0 bridgehead atoms. The van der Waals surface area contributed by atoms with Crippen LogP contribution in [0.5, 0.6) is 0 Å². The van der Waals surface area contributed by atoms with Gasteiger partial charge in [0.15, 0.2) is 0 Å². The third kappa shape index (κ3) is 2.98. The fraction of sp³-hybridized carbons (Fsp3) is 0.273. The molecule has 90 valence electrons. The van der Waals surface area contributed by atoms with Gasteiger partial charge < -0.3 is 10.6 Å². The van der Waals surface area contributed by atoms with Gasteiger partial charge in [-0.1, -0.05) is 11.6 Å². The smallest absolute Gasteiger partial charge is 0.246 e. The first-order valence-corrected chi connectivity index (χ1v) is 6.28. The molecule has 1 aromatic rings. The second-order valence-corrected chi connectivity index (χ2v) is 5.04. The number of carbonyl (C=O) groups excluding carboxylic acids is 2. The van der Waals surface area contributed by atoms with E-state index in [9.17, 15) is 9.59 Å². The van der Waals surface area contributed by atoms with Crippen molar-refractivity contribution >= 4 is 45.0 Å². The van der Waals surface area contributed by atoms with E-state index in [4.69, 9.17) is 11.6 Å². The molecule has 1 aliphatic heterocycles. The first kappa shape index (κ1) is 12.4. The lowest BCUT2D eigenvalue weighted by atomic mass is 10.2. The molecule has 17 heavy (non-hydrogen) atoms. The molecule has 1 heterocycles. The SMILES string of the molecule is O=C1CC[C@@H](C(=O)Nc2ccc(Cl)c(Br)c2)N1. The van der Waals surface area contributed by atoms with Gasteiger partial charge in [-0.05, 0) is 40.5 Å². The van der Waals surface area contributed by atoms with Crippen LogP contribution in [0.4, 0.5) is 5.69 Å². The number of nitrogens with one attached hydrogen (secondary N) is 2. The molecule has 0 spiro atoms. The van der Waals surface area contributed by atoms with Crippen LogP contribution in [-0.4, -0.2) is 17.9 Å². The number of anilines is 1. The zero-order valence-corrected chi connectivity index (χ0v) is 11.1. The molecule has 0 saturated carbocycles. The molecule has 1 saturated heterocycles. The lowest BCUT2D eigenvalue weighted by molar-refractivity contribution is -0.122. The second kappa shape index (κ2) is 5.06. The number of hydrogen-bond donors (Lipinski definition) is 2. The largest absolute Gasteiger partial charge is 0.344 e. The number of hydrogen-bond acceptors (Lipinski definition) is 2. The first-order chi connectivity index (χ1) is 8.06. The Morgan fingerprint density at radius 1 is 1.53 bits per heavy atom. The monoisotopic (exact) mass is 316 g/mol. The molecular formula is C11H10BrClN2O2. The Hall–Kier alpha value is -1.07. The molecule has 0 radical (unpaired) electrons. The van der Waals surface area contributed by atoms with E-state index in [1.807, 2.05) is 0 Å². The summed E-state index contributed by atoms with van der Waals surface area (Å²) in [6.07, 6.45) is 0.946. The quantitative estimate of drug-likeness (QED) is 0.879. The molecule has 6 heteroatoms. The highest BCUT2D eigenvalue weighted by atomic mass is 79.9. The highest BCUT2D eigenvalue weighted by molar-refractivity contribution is 9.10. The maximum atomic E-state index is 11.8. The van der Waals surface area contributed by atoms with E-state index in [2.05, 4.69) is 26.6 Å². The van der Waals surface area contributed by atoms with Crippen LogP contribution >= 0.6 is 27.5 Å². The molecule has 0 aromatic heterocycles. The lowest BCUT2D eigenvalue weighted by Gasteiger charge is -2.11. The molecule has 2 N–H and O–H groups in total. The Labute approximate surface area is 112 Å². The average molecular weight is 318 g/mol. The van der Waals surface area contributed by atoms with E-state index in [0.29, 0.717) is 28.0 Å². The van der Waals surface area contributed by atoms with Crippen molar-refractivity contribution in [2.24, 2.45) is 0 Å². The summed E-state index contributed by atoms with van der Waals surface area (Å²) in [5, 5.41) is 5.92. The van der Waals surface area contributed by atoms with Crippen LogP contribution in [0.15, 0.2) is 22.7 Å². The summed E-state index contributed by atoms with van der Waals surface area (Å²) >= 11 is 9.12. The molecule has 0 aliphatic carbocycles. The number of amides is 2. The molecule has 1 fully saturated rings. The van der Waals surface area contributed by atoms with E-state index in [0.717, 1.165) is 0 Å². The standard InChI is InChI=1S/C11H10BrClN2O2/c12-7-5-6(1-2-8(7)13)14-11(17)9-3-4-10(16)15-9/h1-2,5,9H,3-4H2,(H,14,17)(H,15,16)/t9-/m0/s1. The zero-order chi connectivity index (χ0) is 12.4. The average Bonchev–Trinajstić information content (AvgIpc) is 2.70. The molecule has 4 nitrogen and oxygen atoms in total. The Balaban J connectivity index is 2.03. The van der Waals surface area contributed by atoms with E-state index in [1.165, 1.54) is 0 Å². The molecule has 0 unspecified atom stereocenters. The summed E-state index contributed by atoms with van der Waals surface area (Å²) in [5.74, 6) is -0.285. The summed E-state index contributed by atoms with van der Waals surface area (Å²) in [6.45, 7) is 0. The highest BCUT2D eigenvalue weighted by Gasteiger charge is 2.27. The van der Waals surface area contributed by atoms with Crippen LogP contribution in [0, 0.1) is 0 Å². The van der Waals surface area contributed by atoms with Gasteiger partial charge in [-0.15, -0.1) is 0 Å². The second-order valence-electron chi connectivity index (χ2n) is 3.78. The minimum absolute atomic E-state index is 0.0811. The minimum Gasteiger partial charge on any atom is -0.344 e. The summed E-state index contributed by atoms with van der Waals surface area (Å²) in [5.41, 5.74) is 0.646. The van der Waals surface area contributed by atoms with Crippen LogP contribution in [0.3, 0.4) is 0 Å². The molecule has 2 amide bonds. The summed E-state index contributed by atoms with van der Waals surface area (Å²) in [4.78, 5) is 22.8. The predicted octanol–water partition coefficient (Wildman–Crippen LogP) is 2.32. The molecule has 1 aliphatic rings. The van der Waals surface area contributed by atoms with Crippen molar-refractivity contribution in [2.45, 2.75) is 18.9 Å². The van der Waals surface area contributed by atoms with Crippen molar-refractivity contribution in [3.63, 3.8) is 0 Å². The molecule has 2 rings (SSSR count). The number of benzene rings is 1. The first-order valence-electron chi connectivity index (χ1n) is 5.11. The van der Waals surface area contributed by atoms with Crippen LogP contribution in [0.25, 0.3) is 0 Å². The minimum atomic E-state index is -0.433. The van der Waals surface area contributed by atoms with Crippen LogP contribution in [0.2, 0.25) is 5.02 Å². The van der Waals surface area contributed by atoms with Gasteiger partial charge in [-0.2, -0.15) is 0 Å². The van der Waals surface area contributed by atoms with E-state index < -0.39 is 6.04 Å². The van der Waals surface area contributed by atoms with Gasteiger partial charge in [0.1, 0.15) is 6.04 Å². The Bertz CT molecular complexity index is 479. The topological polar surface area (TPSA) is 58.2 Å². The van der Waals surface area contributed by atoms with Crippen molar-refractivity contribution in [3.8, 4) is 0 Å². The van der Waals surface area contributed by atoms with Crippen molar-refractivity contribution < 1.29 is 9.59 Å². The third-order valence-electron chi connectivity index (χ3n) is 2.50. The predicted molar refractivity (Wildman–Crippen MR) is 68.9 cm³/mol. The highest BCUT2D eigenvalue weighted by Crippen LogP contribution is 2.25. The van der Waals surface area contributed by atoms with Crippen LogP contribution in [0.1, 0.15) is 12.8 Å². The fourth-order valence-corrected chi connectivity index (χ4v) is 2.11. The Morgan fingerprint density at radius 2 is 2.29 bits per heavy atom. The molecule has 1 aromatic carbocycles. The van der Waals surface area contributed by atoms with Crippen molar-refractivity contribution in [2.75, 3.05) is 5.32 Å². The zero-order valence-electron chi connectivity index (χ0n) is 8.80. The van der Waals surface area contributed by atoms with Gasteiger partial charge in [-0.3, -0.25) is 9.59 Å². The maximum Gasteiger partial charge on any atom is 0.246 e. The van der Waals surface area contributed by atoms with Gasteiger partial charge in [-0.25, -0.2) is 0 Å². The Kier molecular flexibility index (Phi) is 3.69. The lowest BCUT2D eigenvalue weighted by Crippen LogP contribution is -2.37. The summed E-state index contributed by atoms with van der Waals surface area (Å²) in [7, 11) is 0. The number of rotatable bonds is 2. The fourth-order valence-electron chi connectivity index (χ4n) is 1.61. The van der Waals surface area contributed by atoms with E-state index in [-0.39, 0.29) is 11.8 Å².